The first-order valence-electron chi connectivity index (χ1n) is 6.19. The number of hydroxylamine groups is 2. The molecule has 1 aliphatic rings. The van der Waals surface area contributed by atoms with Gasteiger partial charge in [0.05, 0.1) is 18.5 Å². The van der Waals surface area contributed by atoms with Crippen LogP contribution in [0.1, 0.15) is 20.8 Å². The molecule has 0 spiro atoms. The number of aromatic nitrogens is 1. The third kappa shape index (κ3) is 3.90. The van der Waals surface area contributed by atoms with E-state index < -0.39 is 5.41 Å². The van der Waals surface area contributed by atoms with Gasteiger partial charge in [-0.2, -0.15) is 0 Å². The normalized spacial score (nSPS) is 17.6. The quantitative estimate of drug-likeness (QED) is 0.822. The van der Waals surface area contributed by atoms with Crippen LogP contribution in [0, 0.1) is 5.41 Å². The second-order valence-corrected chi connectivity index (χ2v) is 7.15. The van der Waals surface area contributed by atoms with Crippen LogP contribution in [-0.4, -0.2) is 42.2 Å². The number of hydrogen-bond donors (Lipinski definition) is 0. The van der Waals surface area contributed by atoms with Crippen LogP contribution < -0.4 is 4.90 Å². The first-order chi connectivity index (χ1) is 8.86. The van der Waals surface area contributed by atoms with Gasteiger partial charge in [-0.1, -0.05) is 0 Å². The Kier molecular flexibility index (Phi) is 4.47. The lowest BCUT2D eigenvalue weighted by atomic mass is 9.98. The highest BCUT2D eigenvalue weighted by molar-refractivity contribution is 9.10. The van der Waals surface area contributed by atoms with Crippen LogP contribution >= 0.6 is 27.3 Å². The van der Waals surface area contributed by atoms with Crippen molar-refractivity contribution >= 4 is 38.4 Å². The number of thiazole rings is 1. The third-order valence-electron chi connectivity index (χ3n) is 2.80. The van der Waals surface area contributed by atoms with E-state index in [0.29, 0.717) is 13.1 Å². The Labute approximate surface area is 125 Å². The second-order valence-electron chi connectivity index (χ2n) is 5.50. The van der Waals surface area contributed by atoms with Crippen molar-refractivity contribution < 1.29 is 9.63 Å². The fraction of sp³-hybridized carbons (Fsp3) is 0.667. The van der Waals surface area contributed by atoms with Gasteiger partial charge in [0.15, 0.2) is 5.13 Å². The van der Waals surface area contributed by atoms with Crippen molar-refractivity contribution in [1.82, 2.24) is 10.0 Å². The molecule has 0 amide bonds. The average Bonchev–Trinajstić information content (AvgIpc) is 2.75. The van der Waals surface area contributed by atoms with Gasteiger partial charge in [-0.3, -0.25) is 0 Å². The predicted octanol–water partition coefficient (Wildman–Crippen LogP) is 2.53. The van der Waals surface area contributed by atoms with E-state index in [2.05, 4.69) is 25.8 Å². The van der Waals surface area contributed by atoms with Crippen LogP contribution in [-0.2, 0) is 9.63 Å². The van der Waals surface area contributed by atoms with Crippen molar-refractivity contribution in [3.63, 3.8) is 0 Å². The maximum Gasteiger partial charge on any atom is 0.330 e. The minimum atomic E-state index is -0.461. The Morgan fingerprint density at radius 3 is 2.47 bits per heavy atom. The number of carbonyl (C=O) groups excluding carboxylic acids is 1. The third-order valence-corrected chi connectivity index (χ3v) is 4.41. The summed E-state index contributed by atoms with van der Waals surface area (Å²) in [5.74, 6) is -0.182. The van der Waals surface area contributed by atoms with Gasteiger partial charge in [-0.15, -0.1) is 16.4 Å². The summed E-state index contributed by atoms with van der Waals surface area (Å²) in [4.78, 5) is 23.8. The fourth-order valence-electron chi connectivity index (χ4n) is 1.62. The molecule has 0 aliphatic carbocycles. The smallest absolute Gasteiger partial charge is 0.330 e. The van der Waals surface area contributed by atoms with Crippen molar-refractivity contribution in [3.8, 4) is 0 Å². The van der Waals surface area contributed by atoms with E-state index in [1.165, 1.54) is 0 Å². The lowest BCUT2D eigenvalue weighted by Crippen LogP contribution is -2.48. The van der Waals surface area contributed by atoms with Gasteiger partial charge >= 0.3 is 5.97 Å². The molecule has 0 unspecified atom stereocenters. The number of piperazine rings is 1. The van der Waals surface area contributed by atoms with Gasteiger partial charge in [0.1, 0.15) is 4.60 Å². The van der Waals surface area contributed by atoms with Gasteiger partial charge in [-0.05, 0) is 36.7 Å². The van der Waals surface area contributed by atoms with E-state index in [1.807, 2.05) is 26.2 Å². The molecular weight excluding hydrogens is 330 g/mol. The first-order valence-corrected chi connectivity index (χ1v) is 7.87. The van der Waals surface area contributed by atoms with E-state index >= 15 is 0 Å². The van der Waals surface area contributed by atoms with Crippen LogP contribution in [0.25, 0.3) is 0 Å². The number of carbonyl (C=O) groups is 1. The van der Waals surface area contributed by atoms with Gasteiger partial charge in [0.25, 0.3) is 0 Å². The summed E-state index contributed by atoms with van der Waals surface area (Å²) in [6.45, 7) is 8.63. The van der Waals surface area contributed by atoms with Crippen molar-refractivity contribution in [3.05, 3.63) is 9.98 Å². The summed E-state index contributed by atoms with van der Waals surface area (Å²) >= 11 is 4.98. The molecule has 0 bridgehead atoms. The number of nitrogens with zero attached hydrogens (tertiary/aromatic N) is 3. The minimum absolute atomic E-state index is 0.182. The second kappa shape index (κ2) is 5.76. The molecule has 19 heavy (non-hydrogen) atoms. The Morgan fingerprint density at radius 2 is 2.00 bits per heavy atom. The fourth-order valence-corrected chi connectivity index (χ4v) is 2.92. The monoisotopic (exact) mass is 347 g/mol. The molecule has 0 radical (unpaired) electrons. The molecule has 0 N–H and O–H groups in total. The maximum atomic E-state index is 11.8. The molecule has 1 fully saturated rings. The summed E-state index contributed by atoms with van der Waals surface area (Å²) in [7, 11) is 0. The van der Waals surface area contributed by atoms with Gasteiger partial charge in [0.2, 0.25) is 0 Å². The van der Waals surface area contributed by atoms with E-state index in [4.69, 9.17) is 4.84 Å². The number of rotatable bonds is 2. The van der Waals surface area contributed by atoms with E-state index in [-0.39, 0.29) is 5.97 Å². The molecule has 5 nitrogen and oxygen atoms in total. The molecule has 1 aromatic rings. The molecule has 0 saturated carbocycles. The molecule has 0 aromatic carbocycles. The lowest BCUT2D eigenvalue weighted by Gasteiger charge is -2.34. The lowest BCUT2D eigenvalue weighted by molar-refractivity contribution is -0.201. The molecule has 7 heteroatoms. The van der Waals surface area contributed by atoms with Crippen LogP contribution in [0.2, 0.25) is 0 Å². The Bertz CT molecular complexity index is 450. The van der Waals surface area contributed by atoms with Crippen molar-refractivity contribution in [2.75, 3.05) is 31.1 Å². The number of halogens is 1. The van der Waals surface area contributed by atoms with Crippen LogP contribution in [0.15, 0.2) is 9.98 Å². The van der Waals surface area contributed by atoms with Gasteiger partial charge < -0.3 is 9.74 Å². The number of anilines is 1. The molecule has 106 valence electrons. The molecular formula is C12H18BrN3O2S. The van der Waals surface area contributed by atoms with Gasteiger partial charge in [-0.25, -0.2) is 9.78 Å². The summed E-state index contributed by atoms with van der Waals surface area (Å²) in [5, 5.41) is 4.72. The maximum absolute atomic E-state index is 11.8. The SMILES string of the molecule is CC(C)(C)C(=O)ON1CCN(c2nc(Br)cs2)CC1. The highest BCUT2D eigenvalue weighted by Gasteiger charge is 2.28. The summed E-state index contributed by atoms with van der Waals surface area (Å²) in [6.07, 6.45) is 0. The highest BCUT2D eigenvalue weighted by atomic mass is 79.9. The number of hydrogen-bond acceptors (Lipinski definition) is 6. The van der Waals surface area contributed by atoms with Crippen LogP contribution in [0.4, 0.5) is 5.13 Å². The molecule has 2 rings (SSSR count). The van der Waals surface area contributed by atoms with Crippen molar-refractivity contribution in [1.29, 1.82) is 0 Å². The highest BCUT2D eigenvalue weighted by Crippen LogP contribution is 2.25. The molecule has 2 heterocycles. The van der Waals surface area contributed by atoms with Crippen molar-refractivity contribution in [2.45, 2.75) is 20.8 Å². The van der Waals surface area contributed by atoms with Gasteiger partial charge in [0, 0.05) is 18.5 Å². The molecule has 0 atom stereocenters. The Balaban J connectivity index is 1.84. The first kappa shape index (κ1) is 14.7. The standard InChI is InChI=1S/C12H18BrN3O2S/c1-12(2,3)10(17)18-16-6-4-15(5-7-16)11-14-9(13)8-19-11/h8H,4-7H2,1-3H3. The van der Waals surface area contributed by atoms with Crippen LogP contribution in [0.5, 0.6) is 0 Å². The van der Waals surface area contributed by atoms with E-state index in [9.17, 15) is 4.79 Å². The zero-order valence-corrected chi connectivity index (χ0v) is 13.8. The average molecular weight is 348 g/mol. The Hall–Kier alpha value is -0.660. The summed E-state index contributed by atoms with van der Waals surface area (Å²) in [5.41, 5.74) is -0.461. The van der Waals surface area contributed by atoms with Crippen LogP contribution in [0.3, 0.4) is 0 Å². The topological polar surface area (TPSA) is 45.7 Å². The molecule has 1 aromatic heterocycles. The van der Waals surface area contributed by atoms with E-state index in [0.717, 1.165) is 22.8 Å². The summed E-state index contributed by atoms with van der Waals surface area (Å²) in [6, 6.07) is 0. The minimum Gasteiger partial charge on any atom is -0.367 e. The van der Waals surface area contributed by atoms with E-state index in [1.54, 1.807) is 16.4 Å². The largest absolute Gasteiger partial charge is 0.367 e. The zero-order valence-electron chi connectivity index (χ0n) is 11.4. The molecule has 1 saturated heterocycles. The van der Waals surface area contributed by atoms with Crippen molar-refractivity contribution in [2.24, 2.45) is 5.41 Å². The Morgan fingerprint density at radius 1 is 1.37 bits per heavy atom. The molecule has 1 aliphatic heterocycles. The zero-order chi connectivity index (χ0) is 14.0. The predicted molar refractivity (Wildman–Crippen MR) is 79.1 cm³/mol. The summed E-state index contributed by atoms with van der Waals surface area (Å²) < 4.78 is 0.870.